The normalized spacial score (nSPS) is 44.8. The van der Waals surface area contributed by atoms with E-state index in [0.717, 1.165) is 19.1 Å². The summed E-state index contributed by atoms with van der Waals surface area (Å²) in [5, 5.41) is 0. The summed E-state index contributed by atoms with van der Waals surface area (Å²) in [6.07, 6.45) is 5.73. The Balaban J connectivity index is 1.64. The second-order valence-electron chi connectivity index (χ2n) is 5.07. The summed E-state index contributed by atoms with van der Waals surface area (Å²) in [5.74, 6) is 0.874. The molecule has 3 aliphatic rings. The lowest BCUT2D eigenvalue weighted by Gasteiger charge is -2.28. The van der Waals surface area contributed by atoms with Gasteiger partial charge >= 0.3 is 0 Å². The summed E-state index contributed by atoms with van der Waals surface area (Å²) in [6, 6.07) is 1.10. The molecule has 2 saturated heterocycles. The highest BCUT2D eigenvalue weighted by atomic mass is 16.5. The summed E-state index contributed by atoms with van der Waals surface area (Å²) in [5.41, 5.74) is 5.95. The van der Waals surface area contributed by atoms with Crippen LogP contribution in [0.2, 0.25) is 0 Å². The molecule has 2 heterocycles. The van der Waals surface area contributed by atoms with Crippen LogP contribution in [0, 0.1) is 5.92 Å². The zero-order valence-corrected chi connectivity index (χ0v) is 8.69. The van der Waals surface area contributed by atoms with Crippen LogP contribution in [0.25, 0.3) is 0 Å². The molecule has 3 unspecified atom stereocenters. The van der Waals surface area contributed by atoms with Crippen molar-refractivity contribution in [3.05, 3.63) is 0 Å². The molecule has 0 aromatic heterocycles. The fourth-order valence-corrected chi connectivity index (χ4v) is 2.98. The summed E-state index contributed by atoms with van der Waals surface area (Å²) in [7, 11) is 0. The third-order valence-corrected chi connectivity index (χ3v) is 3.91. The monoisotopic (exact) mass is 196 g/mol. The van der Waals surface area contributed by atoms with Crippen molar-refractivity contribution in [2.75, 3.05) is 19.7 Å². The molecule has 3 rings (SSSR count). The van der Waals surface area contributed by atoms with E-state index < -0.39 is 0 Å². The molecule has 0 bridgehead atoms. The second kappa shape index (κ2) is 3.47. The molecule has 1 saturated carbocycles. The van der Waals surface area contributed by atoms with Gasteiger partial charge in [-0.05, 0) is 31.6 Å². The molecule has 3 atom stereocenters. The molecule has 0 aromatic carbocycles. The van der Waals surface area contributed by atoms with Crippen LogP contribution in [0.3, 0.4) is 0 Å². The van der Waals surface area contributed by atoms with Gasteiger partial charge in [0.1, 0.15) is 0 Å². The van der Waals surface area contributed by atoms with Crippen molar-refractivity contribution in [2.24, 2.45) is 11.7 Å². The van der Waals surface area contributed by atoms with Gasteiger partial charge in [0.05, 0.1) is 6.10 Å². The van der Waals surface area contributed by atoms with Gasteiger partial charge in [-0.3, -0.25) is 4.90 Å². The lowest BCUT2D eigenvalue weighted by molar-refractivity contribution is 0.0528. The van der Waals surface area contributed by atoms with E-state index in [9.17, 15) is 0 Å². The molecule has 0 spiro atoms. The Labute approximate surface area is 85.6 Å². The molecule has 0 amide bonds. The first-order chi connectivity index (χ1) is 6.84. The Morgan fingerprint density at radius 1 is 1.14 bits per heavy atom. The van der Waals surface area contributed by atoms with Gasteiger partial charge in [-0.15, -0.1) is 0 Å². The maximum Gasteiger partial charge on any atom is 0.0759 e. The van der Waals surface area contributed by atoms with Crippen molar-refractivity contribution in [3.8, 4) is 0 Å². The smallest absolute Gasteiger partial charge is 0.0759 e. The van der Waals surface area contributed by atoms with Gasteiger partial charge in [0, 0.05) is 31.8 Å². The predicted octanol–water partition coefficient (Wildman–Crippen LogP) is 0.587. The van der Waals surface area contributed by atoms with E-state index >= 15 is 0 Å². The highest BCUT2D eigenvalue weighted by Crippen LogP contribution is 2.40. The highest BCUT2D eigenvalue weighted by molar-refractivity contribution is 4.97. The van der Waals surface area contributed by atoms with Gasteiger partial charge in [-0.2, -0.15) is 0 Å². The quantitative estimate of drug-likeness (QED) is 0.702. The van der Waals surface area contributed by atoms with Gasteiger partial charge in [0.15, 0.2) is 0 Å². The van der Waals surface area contributed by atoms with Crippen molar-refractivity contribution in [1.82, 2.24) is 4.90 Å². The summed E-state index contributed by atoms with van der Waals surface area (Å²) >= 11 is 0. The average Bonchev–Trinajstić information content (AvgIpc) is 2.75. The molecule has 14 heavy (non-hydrogen) atoms. The van der Waals surface area contributed by atoms with Crippen LogP contribution in [0.4, 0.5) is 0 Å². The van der Waals surface area contributed by atoms with Crippen LogP contribution < -0.4 is 5.73 Å². The number of ether oxygens (including phenoxy) is 1. The maximum atomic E-state index is 5.95. The van der Waals surface area contributed by atoms with Crippen LogP contribution in [0.15, 0.2) is 0 Å². The Hall–Kier alpha value is -0.120. The summed E-state index contributed by atoms with van der Waals surface area (Å²) in [6.45, 7) is 3.26. The minimum absolute atomic E-state index is 0.412. The largest absolute Gasteiger partial charge is 0.376 e. The van der Waals surface area contributed by atoms with Crippen molar-refractivity contribution < 1.29 is 4.74 Å². The number of rotatable bonds is 2. The van der Waals surface area contributed by atoms with Gasteiger partial charge in [-0.25, -0.2) is 0 Å². The molecule has 3 heteroatoms. The lowest BCUT2D eigenvalue weighted by Crippen LogP contribution is -2.41. The van der Waals surface area contributed by atoms with E-state index in [2.05, 4.69) is 4.90 Å². The van der Waals surface area contributed by atoms with E-state index in [0.29, 0.717) is 18.2 Å². The number of likely N-dealkylation sites (tertiary alicyclic amines) is 1. The standard InChI is InChI=1S/C11H20N2O/c12-9-3-5-13(7-9)10-4-6-14-11(10)8-1-2-8/h8-11H,1-7,12H2. The topological polar surface area (TPSA) is 38.5 Å². The first-order valence-electron chi connectivity index (χ1n) is 5.96. The number of nitrogens with zero attached hydrogens (tertiary/aromatic N) is 1. The van der Waals surface area contributed by atoms with Crippen LogP contribution in [0.5, 0.6) is 0 Å². The SMILES string of the molecule is NC1CCN(C2CCOC2C2CC2)C1. The number of hydrogen-bond acceptors (Lipinski definition) is 3. The molecule has 0 radical (unpaired) electrons. The average molecular weight is 196 g/mol. The van der Waals surface area contributed by atoms with Crippen LogP contribution in [-0.4, -0.2) is 42.8 Å². The lowest BCUT2D eigenvalue weighted by atomic mass is 10.1. The molecule has 80 valence electrons. The van der Waals surface area contributed by atoms with Crippen LogP contribution >= 0.6 is 0 Å². The Kier molecular flexibility index (Phi) is 2.26. The van der Waals surface area contributed by atoms with E-state index in [1.165, 1.54) is 32.2 Å². The minimum Gasteiger partial charge on any atom is -0.376 e. The fraction of sp³-hybridized carbons (Fsp3) is 1.00. The van der Waals surface area contributed by atoms with E-state index in [1.54, 1.807) is 0 Å². The highest BCUT2D eigenvalue weighted by Gasteiger charge is 2.44. The van der Waals surface area contributed by atoms with Gasteiger partial charge < -0.3 is 10.5 Å². The van der Waals surface area contributed by atoms with Gasteiger partial charge in [-0.1, -0.05) is 0 Å². The molecule has 3 fully saturated rings. The van der Waals surface area contributed by atoms with Crippen molar-refractivity contribution in [3.63, 3.8) is 0 Å². The van der Waals surface area contributed by atoms with E-state index in [-0.39, 0.29) is 0 Å². The number of hydrogen-bond donors (Lipinski definition) is 1. The molecule has 0 aromatic rings. The first kappa shape index (κ1) is 9.13. The minimum atomic E-state index is 0.412. The molecule has 1 aliphatic carbocycles. The molecule has 3 nitrogen and oxygen atoms in total. The zero-order chi connectivity index (χ0) is 9.54. The fourth-order valence-electron chi connectivity index (χ4n) is 2.98. The summed E-state index contributed by atoms with van der Waals surface area (Å²) < 4.78 is 5.85. The third-order valence-electron chi connectivity index (χ3n) is 3.91. The van der Waals surface area contributed by atoms with Crippen LogP contribution in [-0.2, 0) is 4.74 Å². The second-order valence-corrected chi connectivity index (χ2v) is 5.07. The van der Waals surface area contributed by atoms with E-state index in [4.69, 9.17) is 10.5 Å². The van der Waals surface area contributed by atoms with Crippen molar-refractivity contribution >= 4 is 0 Å². The Morgan fingerprint density at radius 2 is 2.00 bits per heavy atom. The van der Waals surface area contributed by atoms with Crippen LogP contribution in [0.1, 0.15) is 25.7 Å². The first-order valence-corrected chi connectivity index (χ1v) is 5.96. The van der Waals surface area contributed by atoms with Crippen molar-refractivity contribution in [2.45, 2.75) is 43.9 Å². The Bertz CT molecular complexity index is 217. The van der Waals surface area contributed by atoms with Gasteiger partial charge in [0.25, 0.3) is 0 Å². The Morgan fingerprint density at radius 3 is 2.64 bits per heavy atom. The molecule has 2 aliphatic heterocycles. The zero-order valence-electron chi connectivity index (χ0n) is 8.69. The summed E-state index contributed by atoms with van der Waals surface area (Å²) in [4.78, 5) is 2.57. The maximum absolute atomic E-state index is 5.95. The van der Waals surface area contributed by atoms with Gasteiger partial charge in [0.2, 0.25) is 0 Å². The van der Waals surface area contributed by atoms with Crippen molar-refractivity contribution in [1.29, 1.82) is 0 Å². The molecule has 2 N–H and O–H groups in total. The van der Waals surface area contributed by atoms with E-state index in [1.807, 2.05) is 0 Å². The number of nitrogens with two attached hydrogens (primary N) is 1. The molecular weight excluding hydrogens is 176 g/mol. The predicted molar refractivity (Wildman–Crippen MR) is 55.0 cm³/mol. The third kappa shape index (κ3) is 1.58. The molecular formula is C11H20N2O.